The van der Waals surface area contributed by atoms with Crippen molar-refractivity contribution in [2.24, 2.45) is 0 Å². The van der Waals surface area contributed by atoms with Gasteiger partial charge in [0.25, 0.3) is 0 Å². The van der Waals surface area contributed by atoms with Gasteiger partial charge in [-0.3, -0.25) is 0 Å². The fourth-order valence-corrected chi connectivity index (χ4v) is 1.32. The van der Waals surface area contributed by atoms with Crippen molar-refractivity contribution in [1.82, 2.24) is 0 Å². The van der Waals surface area contributed by atoms with E-state index in [0.717, 1.165) is 0 Å². The molecular weight excluding hydrogens is 152 g/mol. The number of ether oxygens (including phenoxy) is 3. The van der Waals surface area contributed by atoms with Crippen molar-refractivity contribution in [3.63, 3.8) is 0 Å². The monoisotopic (exact) mass is 160 g/mol. The minimum absolute atomic E-state index is 0.141. The second-order valence-electron chi connectivity index (χ2n) is 2.54. The lowest BCUT2D eigenvalue weighted by Gasteiger charge is -2.09. The van der Waals surface area contributed by atoms with Crippen LogP contribution in [0.3, 0.4) is 0 Å². The SMILES string of the molecule is O=C1OC2COC(CO)C2O1. The van der Waals surface area contributed by atoms with Gasteiger partial charge >= 0.3 is 6.16 Å². The van der Waals surface area contributed by atoms with Crippen molar-refractivity contribution < 1.29 is 24.1 Å². The van der Waals surface area contributed by atoms with Crippen LogP contribution in [0.4, 0.5) is 4.79 Å². The first kappa shape index (κ1) is 6.87. The van der Waals surface area contributed by atoms with E-state index in [2.05, 4.69) is 0 Å². The molecule has 2 fully saturated rings. The number of aliphatic hydroxyl groups excluding tert-OH is 1. The molecule has 11 heavy (non-hydrogen) atoms. The van der Waals surface area contributed by atoms with Crippen molar-refractivity contribution in [3.05, 3.63) is 0 Å². The summed E-state index contributed by atoms with van der Waals surface area (Å²) in [5.74, 6) is 0. The number of carbonyl (C=O) groups is 1. The van der Waals surface area contributed by atoms with Crippen molar-refractivity contribution in [1.29, 1.82) is 0 Å². The lowest BCUT2D eigenvalue weighted by molar-refractivity contribution is -0.00761. The predicted molar refractivity (Wildman–Crippen MR) is 32.0 cm³/mol. The Hall–Kier alpha value is -0.810. The maximum atomic E-state index is 10.5. The third kappa shape index (κ3) is 0.965. The van der Waals surface area contributed by atoms with Crippen LogP contribution in [0.1, 0.15) is 0 Å². The molecule has 0 radical (unpaired) electrons. The Morgan fingerprint density at radius 2 is 2.36 bits per heavy atom. The first-order chi connectivity index (χ1) is 5.31. The van der Waals surface area contributed by atoms with Crippen LogP contribution in [0.15, 0.2) is 0 Å². The Kier molecular flexibility index (Phi) is 1.47. The molecule has 0 saturated carbocycles. The van der Waals surface area contributed by atoms with E-state index in [9.17, 15) is 4.79 Å². The summed E-state index contributed by atoms with van der Waals surface area (Å²) in [6.07, 6.45) is -1.81. The van der Waals surface area contributed by atoms with Gasteiger partial charge in [0.05, 0.1) is 13.2 Å². The summed E-state index contributed by atoms with van der Waals surface area (Å²) >= 11 is 0. The molecular formula is C6H8O5. The second kappa shape index (κ2) is 2.35. The van der Waals surface area contributed by atoms with Crippen molar-refractivity contribution >= 4 is 6.16 Å². The van der Waals surface area contributed by atoms with Gasteiger partial charge in [-0.05, 0) is 0 Å². The highest BCUT2D eigenvalue weighted by Gasteiger charge is 2.47. The van der Waals surface area contributed by atoms with Crippen LogP contribution in [-0.2, 0) is 14.2 Å². The molecule has 0 aliphatic carbocycles. The highest BCUT2D eigenvalue weighted by Crippen LogP contribution is 2.26. The fraction of sp³-hybridized carbons (Fsp3) is 0.833. The molecule has 62 valence electrons. The highest BCUT2D eigenvalue weighted by atomic mass is 16.8. The summed E-state index contributed by atoms with van der Waals surface area (Å²) in [6.45, 7) is 0.180. The van der Waals surface area contributed by atoms with Crippen LogP contribution < -0.4 is 0 Å². The number of aliphatic hydroxyl groups is 1. The lowest BCUT2D eigenvalue weighted by atomic mass is 10.2. The predicted octanol–water partition coefficient (Wildman–Crippen LogP) is -0.719. The number of hydrogen-bond donors (Lipinski definition) is 1. The molecule has 5 heteroatoms. The highest BCUT2D eigenvalue weighted by molar-refractivity contribution is 5.62. The Labute approximate surface area is 62.8 Å². The van der Waals surface area contributed by atoms with Gasteiger partial charge in [-0.25, -0.2) is 4.79 Å². The Bertz CT molecular complexity index is 180. The number of fused-ring (bicyclic) bond motifs is 1. The minimum atomic E-state index is -0.665. The summed E-state index contributed by atoms with van der Waals surface area (Å²) in [4.78, 5) is 10.5. The van der Waals surface area contributed by atoms with Gasteiger partial charge in [0.2, 0.25) is 0 Å². The van der Waals surface area contributed by atoms with Gasteiger partial charge in [-0.2, -0.15) is 0 Å². The largest absolute Gasteiger partial charge is 0.509 e. The van der Waals surface area contributed by atoms with Crippen LogP contribution in [0, 0.1) is 0 Å². The second-order valence-corrected chi connectivity index (χ2v) is 2.54. The molecule has 0 amide bonds. The molecule has 3 atom stereocenters. The molecule has 2 heterocycles. The number of carbonyl (C=O) groups excluding carboxylic acids is 1. The summed E-state index contributed by atoms with van der Waals surface area (Å²) in [5, 5.41) is 8.73. The smallest absolute Gasteiger partial charge is 0.424 e. The van der Waals surface area contributed by atoms with Crippen LogP contribution >= 0.6 is 0 Å². The molecule has 2 aliphatic heterocycles. The van der Waals surface area contributed by atoms with Gasteiger partial charge in [-0.15, -0.1) is 0 Å². The average molecular weight is 160 g/mol. The fourth-order valence-electron chi connectivity index (χ4n) is 1.32. The van der Waals surface area contributed by atoms with Gasteiger partial charge in [0.15, 0.2) is 12.2 Å². The van der Waals surface area contributed by atoms with E-state index in [1.807, 2.05) is 0 Å². The van der Waals surface area contributed by atoms with E-state index in [0.29, 0.717) is 6.61 Å². The van der Waals surface area contributed by atoms with Crippen LogP contribution in [0.5, 0.6) is 0 Å². The normalized spacial score (nSPS) is 41.5. The first-order valence-electron chi connectivity index (χ1n) is 3.41. The van der Waals surface area contributed by atoms with E-state index in [1.54, 1.807) is 0 Å². The van der Waals surface area contributed by atoms with Gasteiger partial charge in [-0.1, -0.05) is 0 Å². The maximum Gasteiger partial charge on any atom is 0.509 e. The average Bonchev–Trinajstić information content (AvgIpc) is 2.45. The van der Waals surface area contributed by atoms with E-state index in [-0.39, 0.29) is 12.7 Å². The molecule has 2 aliphatic rings. The summed E-state index contributed by atoms with van der Waals surface area (Å²) in [6, 6.07) is 0. The van der Waals surface area contributed by atoms with Crippen LogP contribution in [0.2, 0.25) is 0 Å². The van der Waals surface area contributed by atoms with Crippen molar-refractivity contribution in [2.45, 2.75) is 18.3 Å². The van der Waals surface area contributed by atoms with E-state index >= 15 is 0 Å². The first-order valence-corrected chi connectivity index (χ1v) is 3.41. The Morgan fingerprint density at radius 1 is 1.55 bits per heavy atom. The molecule has 3 unspecified atom stereocenters. The molecule has 0 bridgehead atoms. The minimum Gasteiger partial charge on any atom is -0.424 e. The summed E-state index contributed by atoms with van der Waals surface area (Å²) in [7, 11) is 0. The van der Waals surface area contributed by atoms with Crippen molar-refractivity contribution in [2.75, 3.05) is 13.2 Å². The maximum absolute atomic E-state index is 10.5. The van der Waals surface area contributed by atoms with E-state index in [1.165, 1.54) is 0 Å². The van der Waals surface area contributed by atoms with Gasteiger partial charge < -0.3 is 19.3 Å². The van der Waals surface area contributed by atoms with Gasteiger partial charge in [0.1, 0.15) is 6.10 Å². The third-order valence-electron chi connectivity index (χ3n) is 1.87. The quantitative estimate of drug-likeness (QED) is 0.513. The summed E-state index contributed by atoms with van der Waals surface area (Å²) < 4.78 is 14.5. The van der Waals surface area contributed by atoms with Crippen molar-refractivity contribution in [3.8, 4) is 0 Å². The summed E-state index contributed by atoms with van der Waals surface area (Å²) in [5.41, 5.74) is 0. The van der Waals surface area contributed by atoms with E-state index < -0.39 is 18.4 Å². The number of hydrogen-bond acceptors (Lipinski definition) is 5. The third-order valence-corrected chi connectivity index (χ3v) is 1.87. The molecule has 0 spiro atoms. The Balaban J connectivity index is 2.07. The standard InChI is InChI=1S/C6H8O5/c7-1-3-5-4(2-9-3)10-6(8)11-5/h3-5,7H,1-2H2. The van der Waals surface area contributed by atoms with Gasteiger partial charge in [0, 0.05) is 0 Å². The van der Waals surface area contributed by atoms with Crippen LogP contribution in [0.25, 0.3) is 0 Å². The molecule has 5 nitrogen and oxygen atoms in total. The zero-order valence-electron chi connectivity index (χ0n) is 5.73. The molecule has 2 rings (SSSR count). The zero-order valence-corrected chi connectivity index (χ0v) is 5.73. The Morgan fingerprint density at radius 3 is 3.09 bits per heavy atom. The van der Waals surface area contributed by atoms with E-state index in [4.69, 9.17) is 19.3 Å². The van der Waals surface area contributed by atoms with Crippen LogP contribution in [-0.4, -0.2) is 42.8 Å². The molecule has 1 N–H and O–H groups in total. The lowest BCUT2D eigenvalue weighted by Crippen LogP contribution is -2.30. The molecule has 0 aromatic carbocycles. The number of rotatable bonds is 1. The molecule has 0 aromatic heterocycles. The molecule has 0 aromatic rings. The zero-order chi connectivity index (χ0) is 7.84. The topological polar surface area (TPSA) is 65.0 Å². The molecule has 2 saturated heterocycles.